The zero-order valence-corrected chi connectivity index (χ0v) is 17.6. The minimum Gasteiger partial charge on any atom is -0.354 e. The Morgan fingerprint density at radius 2 is 1.61 bits per heavy atom. The van der Waals surface area contributed by atoms with Crippen molar-refractivity contribution in [2.24, 2.45) is 5.92 Å². The predicted molar refractivity (Wildman–Crippen MR) is 114 cm³/mol. The van der Waals surface area contributed by atoms with Crippen LogP contribution in [0.3, 0.4) is 0 Å². The normalized spacial score (nSPS) is 11.9. The van der Waals surface area contributed by atoms with Gasteiger partial charge >= 0.3 is 0 Å². The molecule has 0 aliphatic rings. The molecule has 0 spiro atoms. The first kappa shape index (κ1) is 22.0. The largest absolute Gasteiger partial charge is 0.354 e. The van der Waals surface area contributed by atoms with Crippen LogP contribution in [0.25, 0.3) is 0 Å². The number of amides is 2. The molecule has 2 aromatic rings. The molecule has 2 rings (SSSR count). The number of carbonyl (C=O) groups is 2. The Morgan fingerprint density at radius 3 is 2.21 bits per heavy atom. The second-order valence-corrected chi connectivity index (χ2v) is 7.89. The highest BCUT2D eigenvalue weighted by molar-refractivity contribution is 6.30. The first-order valence-electron chi connectivity index (χ1n) is 9.72. The highest BCUT2D eigenvalue weighted by Gasteiger charge is 2.25. The van der Waals surface area contributed by atoms with E-state index < -0.39 is 6.04 Å². The van der Waals surface area contributed by atoms with Crippen LogP contribution in [-0.2, 0) is 22.6 Å². The van der Waals surface area contributed by atoms with Gasteiger partial charge in [-0.25, -0.2) is 0 Å². The third-order valence-electron chi connectivity index (χ3n) is 4.59. The summed E-state index contributed by atoms with van der Waals surface area (Å²) in [5.41, 5.74) is 2.06. The van der Waals surface area contributed by atoms with Gasteiger partial charge < -0.3 is 10.2 Å². The third kappa shape index (κ3) is 7.01. The van der Waals surface area contributed by atoms with Crippen molar-refractivity contribution in [1.29, 1.82) is 0 Å². The van der Waals surface area contributed by atoms with E-state index in [4.69, 9.17) is 11.6 Å². The molecule has 0 bridgehead atoms. The van der Waals surface area contributed by atoms with Crippen molar-refractivity contribution < 1.29 is 9.59 Å². The van der Waals surface area contributed by atoms with E-state index in [0.29, 0.717) is 36.9 Å². The highest BCUT2D eigenvalue weighted by atomic mass is 35.5. The van der Waals surface area contributed by atoms with Crippen molar-refractivity contribution in [3.05, 3.63) is 70.7 Å². The van der Waals surface area contributed by atoms with Gasteiger partial charge in [-0.05, 0) is 42.5 Å². The molecule has 150 valence electrons. The van der Waals surface area contributed by atoms with Crippen LogP contribution < -0.4 is 5.32 Å². The van der Waals surface area contributed by atoms with Crippen LogP contribution in [0, 0.1) is 5.92 Å². The molecule has 0 saturated carbocycles. The molecule has 0 aromatic heterocycles. The van der Waals surface area contributed by atoms with Crippen LogP contribution >= 0.6 is 11.6 Å². The minimum atomic E-state index is -0.544. The highest BCUT2D eigenvalue weighted by Crippen LogP contribution is 2.15. The monoisotopic (exact) mass is 400 g/mol. The molecule has 0 aliphatic carbocycles. The summed E-state index contributed by atoms with van der Waals surface area (Å²) in [6, 6.07) is 16.7. The van der Waals surface area contributed by atoms with Gasteiger partial charge in [-0.2, -0.15) is 0 Å². The van der Waals surface area contributed by atoms with Gasteiger partial charge in [0.1, 0.15) is 6.04 Å². The summed E-state index contributed by atoms with van der Waals surface area (Å²) in [6.45, 7) is 6.84. The van der Waals surface area contributed by atoms with Crippen LogP contribution in [0.2, 0.25) is 5.02 Å². The summed E-state index contributed by atoms with van der Waals surface area (Å²) in [5, 5.41) is 3.58. The lowest BCUT2D eigenvalue weighted by Gasteiger charge is -2.29. The summed E-state index contributed by atoms with van der Waals surface area (Å²) in [7, 11) is 0. The molecule has 0 heterocycles. The van der Waals surface area contributed by atoms with Crippen molar-refractivity contribution in [3.63, 3.8) is 0 Å². The minimum absolute atomic E-state index is 0.0361. The zero-order chi connectivity index (χ0) is 20.5. The van der Waals surface area contributed by atoms with Crippen LogP contribution in [0.1, 0.15) is 38.3 Å². The Hall–Kier alpha value is -2.33. The van der Waals surface area contributed by atoms with Crippen molar-refractivity contribution in [2.75, 3.05) is 6.54 Å². The molecule has 1 unspecified atom stereocenters. The second kappa shape index (κ2) is 10.9. The Balaban J connectivity index is 2.10. The fourth-order valence-electron chi connectivity index (χ4n) is 2.86. The van der Waals surface area contributed by atoms with Crippen LogP contribution in [-0.4, -0.2) is 29.3 Å². The molecule has 1 atom stereocenters. The number of nitrogens with one attached hydrogen (secondary N) is 1. The standard InChI is InChI=1S/C23H29ClN2O2/c1-17(2)15-25-23(28)18(3)26(16-20-9-12-21(24)13-10-20)22(27)14-11-19-7-5-4-6-8-19/h4-10,12-13,17-18H,11,14-16H2,1-3H3,(H,25,28). The van der Waals surface area contributed by atoms with Gasteiger partial charge in [-0.15, -0.1) is 0 Å². The molecule has 5 heteroatoms. The predicted octanol–water partition coefficient (Wildman–Crippen LogP) is 4.46. The lowest BCUT2D eigenvalue weighted by atomic mass is 10.1. The Morgan fingerprint density at radius 1 is 0.964 bits per heavy atom. The Kier molecular flexibility index (Phi) is 8.52. The van der Waals surface area contributed by atoms with E-state index in [9.17, 15) is 9.59 Å². The van der Waals surface area contributed by atoms with E-state index in [1.165, 1.54) is 0 Å². The molecule has 0 fully saturated rings. The smallest absolute Gasteiger partial charge is 0.242 e. The van der Waals surface area contributed by atoms with Crippen molar-refractivity contribution in [1.82, 2.24) is 10.2 Å². The van der Waals surface area contributed by atoms with Gasteiger partial charge in [0, 0.05) is 24.5 Å². The second-order valence-electron chi connectivity index (χ2n) is 7.45. The summed E-state index contributed by atoms with van der Waals surface area (Å²) < 4.78 is 0. The first-order chi connectivity index (χ1) is 13.4. The molecular weight excluding hydrogens is 372 g/mol. The maximum absolute atomic E-state index is 13.0. The molecule has 28 heavy (non-hydrogen) atoms. The van der Waals surface area contributed by atoms with Gasteiger partial charge in [0.25, 0.3) is 0 Å². The third-order valence-corrected chi connectivity index (χ3v) is 4.84. The molecule has 0 saturated heterocycles. The van der Waals surface area contributed by atoms with Gasteiger partial charge in [-0.1, -0.05) is 67.9 Å². The molecule has 2 amide bonds. The fourth-order valence-corrected chi connectivity index (χ4v) is 2.99. The van der Waals surface area contributed by atoms with E-state index in [0.717, 1.165) is 11.1 Å². The summed E-state index contributed by atoms with van der Waals surface area (Å²) in [4.78, 5) is 27.2. The van der Waals surface area contributed by atoms with Crippen molar-refractivity contribution in [3.8, 4) is 0 Å². The molecule has 1 N–H and O–H groups in total. The SMILES string of the molecule is CC(C)CNC(=O)C(C)N(Cc1ccc(Cl)cc1)C(=O)CCc1ccccc1. The quantitative estimate of drug-likeness (QED) is 0.675. The maximum Gasteiger partial charge on any atom is 0.242 e. The molecule has 2 aromatic carbocycles. The number of nitrogens with zero attached hydrogens (tertiary/aromatic N) is 1. The summed E-state index contributed by atoms with van der Waals surface area (Å²) >= 11 is 5.97. The van der Waals surface area contributed by atoms with Gasteiger partial charge in [0.2, 0.25) is 11.8 Å². The van der Waals surface area contributed by atoms with E-state index in [1.54, 1.807) is 24.0 Å². The van der Waals surface area contributed by atoms with Gasteiger partial charge in [0.15, 0.2) is 0 Å². The maximum atomic E-state index is 13.0. The molecule has 0 radical (unpaired) electrons. The topological polar surface area (TPSA) is 49.4 Å². The number of hydrogen-bond acceptors (Lipinski definition) is 2. The summed E-state index contributed by atoms with van der Waals surface area (Å²) in [6.07, 6.45) is 1.01. The van der Waals surface area contributed by atoms with Gasteiger partial charge in [0.05, 0.1) is 0 Å². The van der Waals surface area contributed by atoms with Crippen LogP contribution in [0.4, 0.5) is 0 Å². The van der Waals surface area contributed by atoms with Crippen LogP contribution in [0.5, 0.6) is 0 Å². The van der Waals surface area contributed by atoms with E-state index >= 15 is 0 Å². The molecular formula is C23H29ClN2O2. The number of rotatable bonds is 9. The summed E-state index contributed by atoms with van der Waals surface area (Å²) in [5.74, 6) is 0.191. The van der Waals surface area contributed by atoms with E-state index in [1.807, 2.05) is 56.3 Å². The average Bonchev–Trinajstić information content (AvgIpc) is 2.70. The zero-order valence-electron chi connectivity index (χ0n) is 16.8. The number of halogens is 1. The number of hydrogen-bond donors (Lipinski definition) is 1. The average molecular weight is 401 g/mol. The van der Waals surface area contributed by atoms with E-state index in [-0.39, 0.29) is 11.8 Å². The van der Waals surface area contributed by atoms with E-state index in [2.05, 4.69) is 5.32 Å². The number of carbonyl (C=O) groups excluding carboxylic acids is 2. The number of benzene rings is 2. The lowest BCUT2D eigenvalue weighted by molar-refractivity contribution is -0.140. The van der Waals surface area contributed by atoms with Crippen LogP contribution in [0.15, 0.2) is 54.6 Å². The van der Waals surface area contributed by atoms with Crippen molar-refractivity contribution >= 4 is 23.4 Å². The molecule has 0 aliphatic heterocycles. The lowest BCUT2D eigenvalue weighted by Crippen LogP contribution is -2.48. The fraction of sp³-hybridized carbons (Fsp3) is 0.391. The van der Waals surface area contributed by atoms with Crippen molar-refractivity contribution in [2.45, 2.75) is 46.2 Å². The van der Waals surface area contributed by atoms with Gasteiger partial charge in [-0.3, -0.25) is 9.59 Å². The molecule has 4 nitrogen and oxygen atoms in total. The first-order valence-corrected chi connectivity index (χ1v) is 10.1. The Bertz CT molecular complexity index is 760. The number of aryl methyl sites for hydroxylation is 1. The Labute approximate surface area is 172 Å².